The molecule has 0 saturated heterocycles. The standard InChI is InChI=1S/C17H17N3O2/c18-15-12-7-4-8-13-16(12)20(10-14(15)21)17(22)19(13)9-11-5-2-1-3-6-11/h1-8,14-15,21H,9-10,18H2/t14-,15?/m1/s1. The van der Waals surface area contributed by atoms with Gasteiger partial charge in [0.25, 0.3) is 0 Å². The molecule has 4 rings (SSSR count). The lowest BCUT2D eigenvalue weighted by atomic mass is 9.97. The summed E-state index contributed by atoms with van der Waals surface area (Å²) in [5.41, 5.74) is 9.60. The second kappa shape index (κ2) is 4.83. The zero-order chi connectivity index (χ0) is 15.3. The monoisotopic (exact) mass is 295 g/mol. The minimum absolute atomic E-state index is 0.0998. The summed E-state index contributed by atoms with van der Waals surface area (Å²) < 4.78 is 3.39. The van der Waals surface area contributed by atoms with Crippen LogP contribution in [0.2, 0.25) is 0 Å². The number of aliphatic hydroxyl groups excluding tert-OH is 1. The summed E-state index contributed by atoms with van der Waals surface area (Å²) in [4.78, 5) is 12.7. The molecular formula is C17H17N3O2. The molecule has 1 aliphatic rings. The van der Waals surface area contributed by atoms with Crippen LogP contribution < -0.4 is 11.4 Å². The van der Waals surface area contributed by atoms with E-state index >= 15 is 0 Å². The highest BCUT2D eigenvalue weighted by Crippen LogP contribution is 2.29. The number of aromatic nitrogens is 2. The van der Waals surface area contributed by atoms with Crippen LogP contribution >= 0.6 is 0 Å². The van der Waals surface area contributed by atoms with Crippen LogP contribution in [0, 0.1) is 0 Å². The van der Waals surface area contributed by atoms with Gasteiger partial charge >= 0.3 is 5.69 Å². The second-order valence-electron chi connectivity index (χ2n) is 5.77. The largest absolute Gasteiger partial charge is 0.389 e. The molecule has 0 spiro atoms. The van der Waals surface area contributed by atoms with Crippen LogP contribution in [0.3, 0.4) is 0 Å². The van der Waals surface area contributed by atoms with E-state index in [9.17, 15) is 9.90 Å². The predicted octanol–water partition coefficient (Wildman–Crippen LogP) is 1.23. The third-order valence-electron chi connectivity index (χ3n) is 4.40. The molecule has 1 aliphatic heterocycles. The van der Waals surface area contributed by atoms with E-state index in [1.54, 1.807) is 9.13 Å². The highest BCUT2D eigenvalue weighted by molar-refractivity contribution is 5.81. The van der Waals surface area contributed by atoms with E-state index in [2.05, 4.69) is 0 Å². The van der Waals surface area contributed by atoms with Gasteiger partial charge in [0.1, 0.15) is 0 Å². The van der Waals surface area contributed by atoms with Gasteiger partial charge in [-0.15, -0.1) is 0 Å². The number of rotatable bonds is 2. The summed E-state index contributed by atoms with van der Waals surface area (Å²) in [6.07, 6.45) is -0.733. The molecule has 0 saturated carbocycles. The van der Waals surface area contributed by atoms with Crippen LogP contribution in [-0.2, 0) is 13.1 Å². The highest BCUT2D eigenvalue weighted by atomic mass is 16.3. The lowest BCUT2D eigenvalue weighted by molar-refractivity contribution is 0.120. The minimum Gasteiger partial charge on any atom is -0.389 e. The Morgan fingerprint density at radius 3 is 2.68 bits per heavy atom. The van der Waals surface area contributed by atoms with Crippen LogP contribution in [0.25, 0.3) is 11.0 Å². The Hall–Kier alpha value is -2.37. The van der Waals surface area contributed by atoms with Crippen LogP contribution in [-0.4, -0.2) is 20.3 Å². The quantitative estimate of drug-likeness (QED) is 0.747. The Bertz CT molecular complexity index is 895. The highest BCUT2D eigenvalue weighted by Gasteiger charge is 2.29. The van der Waals surface area contributed by atoms with Crippen molar-refractivity contribution >= 4 is 11.0 Å². The molecule has 2 atom stereocenters. The van der Waals surface area contributed by atoms with E-state index in [1.165, 1.54) is 0 Å². The lowest BCUT2D eigenvalue weighted by Crippen LogP contribution is -2.38. The van der Waals surface area contributed by atoms with Crippen molar-refractivity contribution in [1.29, 1.82) is 0 Å². The fourth-order valence-corrected chi connectivity index (χ4v) is 3.27. The van der Waals surface area contributed by atoms with Crippen molar-refractivity contribution in [1.82, 2.24) is 9.13 Å². The van der Waals surface area contributed by atoms with Gasteiger partial charge in [0.2, 0.25) is 0 Å². The average Bonchev–Trinajstić information content (AvgIpc) is 2.80. The first kappa shape index (κ1) is 13.3. The first-order chi connectivity index (χ1) is 10.7. The first-order valence-electron chi connectivity index (χ1n) is 7.36. The fourth-order valence-electron chi connectivity index (χ4n) is 3.27. The van der Waals surface area contributed by atoms with Gasteiger partial charge in [-0.3, -0.25) is 9.13 Å². The molecule has 2 aromatic carbocycles. The number of para-hydroxylation sites is 1. The Kier molecular flexibility index (Phi) is 2.92. The zero-order valence-corrected chi connectivity index (χ0v) is 12.0. The molecule has 0 radical (unpaired) electrons. The molecule has 5 nitrogen and oxygen atoms in total. The van der Waals surface area contributed by atoms with Crippen molar-refractivity contribution in [2.75, 3.05) is 0 Å². The number of hydrogen-bond donors (Lipinski definition) is 2. The molecule has 1 unspecified atom stereocenters. The van der Waals surface area contributed by atoms with Gasteiger partial charge in [0.15, 0.2) is 0 Å². The maximum atomic E-state index is 12.7. The summed E-state index contributed by atoms with van der Waals surface area (Å²) in [6.45, 7) is 0.757. The second-order valence-corrected chi connectivity index (χ2v) is 5.77. The van der Waals surface area contributed by atoms with Crippen molar-refractivity contribution in [3.05, 3.63) is 70.1 Å². The molecule has 0 bridgehead atoms. The predicted molar refractivity (Wildman–Crippen MR) is 84.7 cm³/mol. The van der Waals surface area contributed by atoms with Gasteiger partial charge in [-0.2, -0.15) is 0 Å². The SMILES string of the molecule is NC1c2cccc3c2n(c(=O)n3Cc2ccccc2)C[C@H]1O. The van der Waals surface area contributed by atoms with E-state index in [0.717, 1.165) is 22.2 Å². The molecule has 5 heteroatoms. The summed E-state index contributed by atoms with van der Waals surface area (Å²) in [5, 5.41) is 10.1. The molecule has 3 N–H and O–H groups in total. The normalized spacial score (nSPS) is 20.5. The molecule has 0 aliphatic carbocycles. The van der Waals surface area contributed by atoms with Crippen molar-refractivity contribution in [3.8, 4) is 0 Å². The van der Waals surface area contributed by atoms with Crippen LogP contribution in [0.15, 0.2) is 53.3 Å². The minimum atomic E-state index is -0.733. The maximum absolute atomic E-state index is 12.7. The van der Waals surface area contributed by atoms with Crippen molar-refractivity contribution in [2.24, 2.45) is 5.73 Å². The Labute approximate surface area is 127 Å². The average molecular weight is 295 g/mol. The Balaban J connectivity index is 1.95. The van der Waals surface area contributed by atoms with Gasteiger partial charge in [0.05, 0.1) is 36.3 Å². The van der Waals surface area contributed by atoms with Crippen LogP contribution in [0.1, 0.15) is 17.2 Å². The van der Waals surface area contributed by atoms with Gasteiger partial charge in [-0.05, 0) is 17.2 Å². The molecule has 22 heavy (non-hydrogen) atoms. The molecule has 2 heterocycles. The van der Waals surface area contributed by atoms with Crippen molar-refractivity contribution in [2.45, 2.75) is 25.2 Å². The number of hydrogen-bond acceptors (Lipinski definition) is 3. The van der Waals surface area contributed by atoms with Crippen LogP contribution in [0.4, 0.5) is 0 Å². The molecule has 1 aromatic heterocycles. The van der Waals surface area contributed by atoms with Gasteiger partial charge in [0, 0.05) is 0 Å². The van der Waals surface area contributed by atoms with E-state index < -0.39 is 12.1 Å². The van der Waals surface area contributed by atoms with E-state index in [1.807, 2.05) is 48.5 Å². The smallest absolute Gasteiger partial charge is 0.329 e. The summed E-state index contributed by atoms with van der Waals surface area (Å²) >= 11 is 0. The van der Waals surface area contributed by atoms with E-state index in [4.69, 9.17) is 5.73 Å². The maximum Gasteiger partial charge on any atom is 0.329 e. The molecule has 3 aromatic rings. The Morgan fingerprint density at radius 1 is 1.14 bits per heavy atom. The summed E-state index contributed by atoms with van der Waals surface area (Å²) in [7, 11) is 0. The molecular weight excluding hydrogens is 278 g/mol. The summed E-state index contributed by atoms with van der Waals surface area (Å²) in [6, 6.07) is 15.1. The third-order valence-corrected chi connectivity index (χ3v) is 4.40. The van der Waals surface area contributed by atoms with Gasteiger partial charge < -0.3 is 10.8 Å². The van der Waals surface area contributed by atoms with E-state index in [0.29, 0.717) is 6.54 Å². The topological polar surface area (TPSA) is 73.2 Å². The number of nitrogens with two attached hydrogens (primary N) is 1. The molecule has 112 valence electrons. The lowest BCUT2D eigenvalue weighted by Gasteiger charge is -2.25. The van der Waals surface area contributed by atoms with E-state index in [-0.39, 0.29) is 12.2 Å². The van der Waals surface area contributed by atoms with Crippen molar-refractivity contribution < 1.29 is 5.11 Å². The van der Waals surface area contributed by atoms with Crippen LogP contribution in [0.5, 0.6) is 0 Å². The van der Waals surface area contributed by atoms with Gasteiger partial charge in [-0.25, -0.2) is 4.79 Å². The number of benzene rings is 2. The van der Waals surface area contributed by atoms with Gasteiger partial charge in [-0.1, -0.05) is 42.5 Å². The number of nitrogens with zero attached hydrogens (tertiary/aromatic N) is 2. The summed E-state index contributed by atoms with van der Waals surface area (Å²) in [5.74, 6) is 0. The molecule has 0 amide bonds. The van der Waals surface area contributed by atoms with Crippen molar-refractivity contribution in [3.63, 3.8) is 0 Å². The first-order valence-corrected chi connectivity index (χ1v) is 7.36. The zero-order valence-electron chi connectivity index (χ0n) is 12.0. The number of imidazole rings is 1. The fraction of sp³-hybridized carbons (Fsp3) is 0.235. The Morgan fingerprint density at radius 2 is 1.91 bits per heavy atom. The number of aliphatic hydroxyl groups is 1. The third kappa shape index (κ3) is 1.83. The molecule has 0 fully saturated rings.